The quantitative estimate of drug-likeness (QED) is 0.377. The molecule has 2 aliphatic carbocycles. The van der Waals surface area contributed by atoms with Gasteiger partial charge in [-0.25, -0.2) is 0 Å². The molecule has 212 valence electrons. The molecule has 0 N–H and O–H groups in total. The molecule has 5 nitrogen and oxygen atoms in total. The van der Waals surface area contributed by atoms with Gasteiger partial charge in [-0.15, -0.1) is 0 Å². The maximum absolute atomic E-state index is 13.9. The Labute approximate surface area is 239 Å². The van der Waals surface area contributed by atoms with Crippen LogP contribution in [0.5, 0.6) is 11.5 Å². The number of nitrogens with zero attached hydrogens (tertiary/aromatic N) is 1. The van der Waals surface area contributed by atoms with Gasteiger partial charge >= 0.3 is 0 Å². The number of aryl methyl sites for hydroxylation is 2. The lowest BCUT2D eigenvalue weighted by molar-refractivity contribution is -0.119. The number of ether oxygens (including phenoxy) is 2. The van der Waals surface area contributed by atoms with Crippen LogP contribution in [0, 0.1) is 24.7 Å². The number of hydrogen-bond acceptors (Lipinski definition) is 5. The van der Waals surface area contributed by atoms with E-state index >= 15 is 0 Å². The third-order valence-electron chi connectivity index (χ3n) is 8.53. The SMILES string of the molecule is CCN1C2=C(C(=O)CC(C)(C)C2)C(c2ccc(OCc3cc(C)cc(C)c3)c(OC)c2)C2=C1CC(C)(C)CC2=O. The topological polar surface area (TPSA) is 55.8 Å². The Morgan fingerprint density at radius 3 is 1.85 bits per heavy atom. The van der Waals surface area contributed by atoms with Crippen molar-refractivity contribution in [2.75, 3.05) is 13.7 Å². The summed E-state index contributed by atoms with van der Waals surface area (Å²) in [5.41, 5.74) is 7.93. The first-order valence-electron chi connectivity index (χ1n) is 14.5. The fourth-order valence-corrected chi connectivity index (χ4v) is 7.06. The minimum absolute atomic E-state index is 0.121. The van der Waals surface area contributed by atoms with E-state index in [1.807, 2.05) is 18.2 Å². The highest BCUT2D eigenvalue weighted by Gasteiger charge is 2.48. The standard InChI is InChI=1S/C35H43NO4/c1-9-36-25-16-34(4,5)18-27(37)32(25)31(33-26(36)17-35(6,7)19-28(33)38)24-10-11-29(30(15-24)39-8)40-20-23-13-21(2)12-22(3)14-23/h10-15,31H,9,16-20H2,1-8H3. The van der Waals surface area contributed by atoms with Crippen LogP contribution < -0.4 is 9.47 Å². The Morgan fingerprint density at radius 1 is 0.800 bits per heavy atom. The zero-order valence-electron chi connectivity index (χ0n) is 25.4. The molecule has 40 heavy (non-hydrogen) atoms. The number of carbonyl (C=O) groups is 2. The van der Waals surface area contributed by atoms with Crippen LogP contribution in [0.4, 0.5) is 0 Å². The summed E-state index contributed by atoms with van der Waals surface area (Å²) in [5.74, 6) is 1.16. The average molecular weight is 542 g/mol. The predicted octanol–water partition coefficient (Wildman–Crippen LogP) is 7.60. The second-order valence-electron chi connectivity index (χ2n) is 13.5. The minimum Gasteiger partial charge on any atom is -0.493 e. The first-order valence-corrected chi connectivity index (χ1v) is 14.5. The Hall–Kier alpha value is -3.34. The molecule has 2 aromatic rings. The molecule has 0 fully saturated rings. The molecule has 0 aromatic heterocycles. The Kier molecular flexibility index (Phi) is 7.22. The Bertz CT molecular complexity index is 1370. The molecule has 1 aliphatic heterocycles. The predicted molar refractivity (Wildman–Crippen MR) is 158 cm³/mol. The van der Waals surface area contributed by atoms with Gasteiger partial charge in [0.25, 0.3) is 0 Å². The highest BCUT2D eigenvalue weighted by Crippen LogP contribution is 2.54. The van der Waals surface area contributed by atoms with E-state index in [-0.39, 0.29) is 28.3 Å². The van der Waals surface area contributed by atoms with Crippen LogP contribution >= 0.6 is 0 Å². The fraction of sp³-hybridized carbons (Fsp3) is 0.486. The second-order valence-corrected chi connectivity index (χ2v) is 13.5. The monoisotopic (exact) mass is 541 g/mol. The molecule has 5 rings (SSSR count). The molecule has 0 spiro atoms. The normalized spacial score (nSPS) is 20.4. The average Bonchev–Trinajstić information content (AvgIpc) is 2.84. The highest BCUT2D eigenvalue weighted by atomic mass is 16.5. The third kappa shape index (κ3) is 5.23. The van der Waals surface area contributed by atoms with Gasteiger partial charge in [0.05, 0.1) is 7.11 Å². The van der Waals surface area contributed by atoms with Crippen molar-refractivity contribution < 1.29 is 19.1 Å². The molecular weight excluding hydrogens is 498 g/mol. The van der Waals surface area contributed by atoms with E-state index in [2.05, 4.69) is 71.6 Å². The molecule has 0 radical (unpaired) electrons. The van der Waals surface area contributed by atoms with Gasteiger partial charge in [-0.3, -0.25) is 9.59 Å². The highest BCUT2D eigenvalue weighted by molar-refractivity contribution is 6.06. The zero-order valence-corrected chi connectivity index (χ0v) is 25.4. The summed E-state index contributed by atoms with van der Waals surface area (Å²) in [7, 11) is 1.64. The number of ketones is 2. The number of benzene rings is 2. The van der Waals surface area contributed by atoms with E-state index in [1.54, 1.807) is 7.11 Å². The van der Waals surface area contributed by atoms with Gasteiger partial charge in [0.15, 0.2) is 23.1 Å². The van der Waals surface area contributed by atoms with Crippen LogP contribution in [0.15, 0.2) is 58.9 Å². The van der Waals surface area contributed by atoms with E-state index in [0.717, 1.165) is 53.1 Å². The lowest BCUT2D eigenvalue weighted by Crippen LogP contribution is -2.44. The molecule has 0 saturated carbocycles. The van der Waals surface area contributed by atoms with Crippen LogP contribution in [0.3, 0.4) is 0 Å². The van der Waals surface area contributed by atoms with Crippen LogP contribution in [-0.4, -0.2) is 30.1 Å². The summed E-state index contributed by atoms with van der Waals surface area (Å²) < 4.78 is 12.0. The van der Waals surface area contributed by atoms with Crippen LogP contribution in [0.2, 0.25) is 0 Å². The molecule has 1 heterocycles. The number of rotatable bonds is 6. The summed E-state index contributed by atoms with van der Waals surface area (Å²) in [6.45, 7) is 16.1. The summed E-state index contributed by atoms with van der Waals surface area (Å²) >= 11 is 0. The van der Waals surface area contributed by atoms with Crippen LogP contribution in [-0.2, 0) is 16.2 Å². The van der Waals surface area contributed by atoms with Gasteiger partial charge in [0, 0.05) is 47.8 Å². The van der Waals surface area contributed by atoms with Crippen LogP contribution in [0.1, 0.15) is 88.5 Å². The Morgan fingerprint density at radius 2 is 1.35 bits per heavy atom. The molecule has 3 aliphatic rings. The van der Waals surface area contributed by atoms with E-state index in [1.165, 1.54) is 11.1 Å². The van der Waals surface area contributed by atoms with Crippen molar-refractivity contribution in [3.63, 3.8) is 0 Å². The van der Waals surface area contributed by atoms with Crippen molar-refractivity contribution >= 4 is 11.6 Å². The molecular formula is C35H43NO4. The lowest BCUT2D eigenvalue weighted by Gasteiger charge is -2.48. The molecule has 0 amide bonds. The summed E-state index contributed by atoms with van der Waals surface area (Å²) in [6.07, 6.45) is 2.60. The molecule has 0 saturated heterocycles. The maximum Gasteiger partial charge on any atom is 0.162 e. The van der Waals surface area contributed by atoms with Crippen molar-refractivity contribution in [3.8, 4) is 11.5 Å². The first-order chi connectivity index (χ1) is 18.8. The second kappa shape index (κ2) is 10.2. The number of carbonyl (C=O) groups excluding carboxylic acids is 2. The molecule has 2 aromatic carbocycles. The van der Waals surface area contributed by atoms with Crippen molar-refractivity contribution in [3.05, 3.63) is 81.2 Å². The van der Waals surface area contributed by atoms with Gasteiger partial charge in [-0.2, -0.15) is 0 Å². The molecule has 0 atom stereocenters. The molecule has 0 unspecified atom stereocenters. The molecule has 5 heteroatoms. The zero-order chi connectivity index (χ0) is 29.0. The van der Waals surface area contributed by atoms with E-state index in [0.29, 0.717) is 30.9 Å². The largest absolute Gasteiger partial charge is 0.493 e. The first kappa shape index (κ1) is 28.2. The third-order valence-corrected chi connectivity index (χ3v) is 8.53. The summed E-state index contributed by atoms with van der Waals surface area (Å²) in [6, 6.07) is 12.3. The summed E-state index contributed by atoms with van der Waals surface area (Å²) in [4.78, 5) is 30.0. The van der Waals surface area contributed by atoms with Gasteiger partial charge in [0.1, 0.15) is 6.61 Å². The van der Waals surface area contributed by atoms with Crippen molar-refractivity contribution in [1.29, 1.82) is 0 Å². The van der Waals surface area contributed by atoms with E-state index < -0.39 is 0 Å². The van der Waals surface area contributed by atoms with Gasteiger partial charge in [-0.1, -0.05) is 63.1 Å². The van der Waals surface area contributed by atoms with E-state index in [9.17, 15) is 9.59 Å². The number of allylic oxidation sites excluding steroid dienone is 4. The minimum atomic E-state index is -0.387. The van der Waals surface area contributed by atoms with Crippen molar-refractivity contribution in [2.45, 2.75) is 86.7 Å². The number of methoxy groups -OCH3 is 1. The van der Waals surface area contributed by atoms with E-state index in [4.69, 9.17) is 9.47 Å². The van der Waals surface area contributed by atoms with Crippen molar-refractivity contribution in [2.24, 2.45) is 10.8 Å². The van der Waals surface area contributed by atoms with Crippen molar-refractivity contribution in [1.82, 2.24) is 4.90 Å². The lowest BCUT2D eigenvalue weighted by atomic mass is 9.63. The fourth-order valence-electron chi connectivity index (χ4n) is 7.06. The van der Waals surface area contributed by atoms with Gasteiger partial charge in [-0.05, 0) is 67.7 Å². The Balaban J connectivity index is 1.60. The number of Topliss-reactive ketones (excluding diaryl/α,β-unsaturated/α-hetero) is 2. The van der Waals surface area contributed by atoms with Gasteiger partial charge in [0.2, 0.25) is 0 Å². The molecule has 0 bridgehead atoms. The smallest absolute Gasteiger partial charge is 0.162 e. The summed E-state index contributed by atoms with van der Waals surface area (Å²) in [5, 5.41) is 0. The number of hydrogen-bond donors (Lipinski definition) is 0. The van der Waals surface area contributed by atoms with Crippen LogP contribution in [0.25, 0.3) is 0 Å². The van der Waals surface area contributed by atoms with Gasteiger partial charge < -0.3 is 14.4 Å². The maximum atomic E-state index is 13.9.